The van der Waals surface area contributed by atoms with Crippen molar-refractivity contribution in [3.8, 4) is 0 Å². The lowest BCUT2D eigenvalue weighted by Crippen LogP contribution is -2.41. The molecule has 22 heavy (non-hydrogen) atoms. The molecule has 2 aliphatic rings. The van der Waals surface area contributed by atoms with Crippen LogP contribution in [0.25, 0.3) is 0 Å². The summed E-state index contributed by atoms with van der Waals surface area (Å²) in [6, 6.07) is 3.75. The fraction of sp³-hybridized carbons (Fsp3) is 0.600. The fourth-order valence-electron chi connectivity index (χ4n) is 2.58. The molecule has 1 saturated heterocycles. The van der Waals surface area contributed by atoms with Crippen molar-refractivity contribution in [2.45, 2.75) is 57.3 Å². The third-order valence-corrected chi connectivity index (χ3v) is 4.90. The van der Waals surface area contributed by atoms with Crippen molar-refractivity contribution in [3.05, 3.63) is 24.0 Å². The second-order valence-corrected chi connectivity index (χ2v) is 7.08. The van der Waals surface area contributed by atoms with Gasteiger partial charge in [0.2, 0.25) is 0 Å². The SMILES string of the molecule is CC1(C)OB(c2ccc(C3(NC(=O)O)CC3)nc2)OC1(C)C. The largest absolute Gasteiger partial charge is 0.496 e. The summed E-state index contributed by atoms with van der Waals surface area (Å²) in [6.45, 7) is 8.02. The summed E-state index contributed by atoms with van der Waals surface area (Å²) in [5, 5.41) is 11.5. The molecule has 1 aliphatic heterocycles. The Bertz CT molecular complexity index is 580. The number of rotatable bonds is 3. The van der Waals surface area contributed by atoms with E-state index < -0.39 is 18.8 Å². The minimum Gasteiger partial charge on any atom is -0.465 e. The molecule has 0 radical (unpaired) electrons. The number of hydrogen-bond acceptors (Lipinski definition) is 4. The van der Waals surface area contributed by atoms with Gasteiger partial charge in [0.15, 0.2) is 0 Å². The van der Waals surface area contributed by atoms with Gasteiger partial charge in [0.1, 0.15) is 0 Å². The van der Waals surface area contributed by atoms with Gasteiger partial charge in [-0.1, -0.05) is 6.07 Å². The Kier molecular flexibility index (Phi) is 3.27. The first-order chi connectivity index (χ1) is 10.2. The summed E-state index contributed by atoms with van der Waals surface area (Å²) in [5.74, 6) is 0. The topological polar surface area (TPSA) is 80.7 Å². The highest BCUT2D eigenvalue weighted by Crippen LogP contribution is 2.44. The van der Waals surface area contributed by atoms with Gasteiger partial charge in [-0.3, -0.25) is 4.98 Å². The molecule has 7 heteroatoms. The standard InChI is InChI=1S/C15H21BN2O4/c1-13(2)14(3,4)22-16(21-13)10-5-6-11(17-9-10)15(7-8-15)18-12(19)20/h5-6,9,18H,7-8H2,1-4H3,(H,19,20). The smallest absolute Gasteiger partial charge is 0.465 e. The second kappa shape index (κ2) is 4.70. The maximum Gasteiger partial charge on any atom is 0.496 e. The Labute approximate surface area is 130 Å². The fourth-order valence-corrected chi connectivity index (χ4v) is 2.58. The third-order valence-electron chi connectivity index (χ3n) is 4.90. The number of pyridine rings is 1. The van der Waals surface area contributed by atoms with Gasteiger partial charge in [0, 0.05) is 11.7 Å². The molecular formula is C15H21BN2O4. The molecular weight excluding hydrogens is 283 g/mol. The van der Waals surface area contributed by atoms with Gasteiger partial charge in [-0.15, -0.1) is 0 Å². The normalized spacial score (nSPS) is 24.1. The zero-order chi connectivity index (χ0) is 16.2. The monoisotopic (exact) mass is 304 g/mol. The first-order valence-electron chi connectivity index (χ1n) is 7.48. The van der Waals surface area contributed by atoms with E-state index in [0.29, 0.717) is 0 Å². The molecule has 1 aromatic rings. The van der Waals surface area contributed by atoms with Crippen LogP contribution in [0.1, 0.15) is 46.2 Å². The van der Waals surface area contributed by atoms with Crippen molar-refractivity contribution >= 4 is 18.7 Å². The first kappa shape index (κ1) is 15.3. The number of nitrogens with one attached hydrogen (secondary N) is 1. The average molecular weight is 304 g/mol. The molecule has 1 amide bonds. The summed E-state index contributed by atoms with van der Waals surface area (Å²) in [5.41, 5.74) is 0.293. The lowest BCUT2D eigenvalue weighted by Gasteiger charge is -2.32. The van der Waals surface area contributed by atoms with Crippen LogP contribution in [0.5, 0.6) is 0 Å². The molecule has 6 nitrogen and oxygen atoms in total. The van der Waals surface area contributed by atoms with Crippen molar-refractivity contribution in [2.24, 2.45) is 0 Å². The summed E-state index contributed by atoms with van der Waals surface area (Å²) in [4.78, 5) is 15.3. The van der Waals surface area contributed by atoms with E-state index in [1.807, 2.05) is 39.8 Å². The van der Waals surface area contributed by atoms with Crippen LogP contribution >= 0.6 is 0 Å². The molecule has 1 saturated carbocycles. The van der Waals surface area contributed by atoms with Crippen molar-refractivity contribution < 1.29 is 19.2 Å². The highest BCUT2D eigenvalue weighted by Gasteiger charge is 2.52. The number of hydrogen-bond donors (Lipinski definition) is 2. The van der Waals surface area contributed by atoms with Crippen molar-refractivity contribution in [2.75, 3.05) is 0 Å². The van der Waals surface area contributed by atoms with E-state index in [0.717, 1.165) is 24.0 Å². The lowest BCUT2D eigenvalue weighted by molar-refractivity contribution is 0.00578. The number of nitrogens with zero attached hydrogens (tertiary/aromatic N) is 1. The van der Waals surface area contributed by atoms with Crippen LogP contribution in [0.2, 0.25) is 0 Å². The van der Waals surface area contributed by atoms with Crippen LogP contribution < -0.4 is 10.8 Å². The molecule has 2 fully saturated rings. The van der Waals surface area contributed by atoms with Crippen molar-refractivity contribution in [1.82, 2.24) is 10.3 Å². The zero-order valence-corrected chi connectivity index (χ0v) is 13.3. The number of aromatic nitrogens is 1. The highest BCUT2D eigenvalue weighted by molar-refractivity contribution is 6.62. The second-order valence-electron chi connectivity index (χ2n) is 7.08. The van der Waals surface area contributed by atoms with Crippen LogP contribution in [-0.2, 0) is 14.8 Å². The third kappa shape index (κ3) is 2.48. The Hall–Kier alpha value is -1.60. The van der Waals surface area contributed by atoms with Crippen LogP contribution in [0.3, 0.4) is 0 Å². The zero-order valence-electron chi connectivity index (χ0n) is 13.3. The molecule has 0 atom stereocenters. The first-order valence-corrected chi connectivity index (χ1v) is 7.48. The summed E-state index contributed by atoms with van der Waals surface area (Å²) in [7, 11) is -0.450. The van der Waals surface area contributed by atoms with E-state index in [1.54, 1.807) is 6.20 Å². The quantitative estimate of drug-likeness (QED) is 0.830. The Morgan fingerprint density at radius 2 is 1.82 bits per heavy atom. The summed E-state index contributed by atoms with van der Waals surface area (Å²) < 4.78 is 12.0. The number of amides is 1. The molecule has 2 N–H and O–H groups in total. The predicted molar refractivity (Wildman–Crippen MR) is 82.0 cm³/mol. The van der Waals surface area contributed by atoms with Crippen LogP contribution in [-0.4, -0.2) is 34.5 Å². The molecule has 118 valence electrons. The lowest BCUT2D eigenvalue weighted by atomic mass is 9.80. The van der Waals surface area contributed by atoms with Crippen molar-refractivity contribution in [1.29, 1.82) is 0 Å². The van der Waals surface area contributed by atoms with E-state index in [2.05, 4.69) is 10.3 Å². The van der Waals surface area contributed by atoms with Gasteiger partial charge >= 0.3 is 13.2 Å². The molecule has 2 heterocycles. The molecule has 0 unspecified atom stereocenters. The van der Waals surface area contributed by atoms with Crippen molar-refractivity contribution in [3.63, 3.8) is 0 Å². The van der Waals surface area contributed by atoms with Crippen LogP contribution in [0.15, 0.2) is 18.3 Å². The van der Waals surface area contributed by atoms with E-state index in [1.165, 1.54) is 0 Å². The maximum absolute atomic E-state index is 10.9. The van der Waals surface area contributed by atoms with Gasteiger partial charge in [-0.25, -0.2) is 4.79 Å². The van der Waals surface area contributed by atoms with Gasteiger partial charge in [0.05, 0.1) is 22.4 Å². The summed E-state index contributed by atoms with van der Waals surface area (Å²) in [6.07, 6.45) is 2.25. The van der Waals surface area contributed by atoms with Crippen LogP contribution in [0, 0.1) is 0 Å². The molecule has 1 aliphatic carbocycles. The molecule has 0 spiro atoms. The van der Waals surface area contributed by atoms with E-state index in [9.17, 15) is 4.79 Å². The van der Waals surface area contributed by atoms with Gasteiger partial charge in [0.25, 0.3) is 0 Å². The highest BCUT2D eigenvalue weighted by atomic mass is 16.7. The predicted octanol–water partition coefficient (Wildman–Crippen LogP) is 1.64. The average Bonchev–Trinajstić information content (AvgIpc) is 3.13. The van der Waals surface area contributed by atoms with Gasteiger partial charge in [-0.2, -0.15) is 0 Å². The van der Waals surface area contributed by atoms with Gasteiger partial charge in [-0.05, 0) is 46.6 Å². The summed E-state index contributed by atoms with van der Waals surface area (Å²) >= 11 is 0. The number of carboxylic acid groups (broad SMARTS) is 1. The molecule has 0 aromatic carbocycles. The minimum absolute atomic E-state index is 0.390. The van der Waals surface area contributed by atoms with Crippen LogP contribution in [0.4, 0.5) is 4.79 Å². The Morgan fingerprint density at radius 1 is 1.23 bits per heavy atom. The van der Waals surface area contributed by atoms with Gasteiger partial charge < -0.3 is 19.7 Å². The Balaban J connectivity index is 1.78. The van der Waals surface area contributed by atoms with E-state index in [-0.39, 0.29) is 11.2 Å². The number of carbonyl (C=O) groups is 1. The minimum atomic E-state index is -1.02. The molecule has 1 aromatic heterocycles. The Morgan fingerprint density at radius 3 is 2.23 bits per heavy atom. The van der Waals surface area contributed by atoms with E-state index in [4.69, 9.17) is 14.4 Å². The molecule has 0 bridgehead atoms. The van der Waals surface area contributed by atoms with E-state index >= 15 is 0 Å². The molecule has 3 rings (SSSR count). The maximum atomic E-state index is 10.9.